The number of hydrogen-bond donors (Lipinski definition) is 2. The molecule has 12 nitrogen and oxygen atoms in total. The van der Waals surface area contributed by atoms with E-state index < -0.39 is 0 Å². The van der Waals surface area contributed by atoms with Crippen molar-refractivity contribution in [3.8, 4) is 0 Å². The Morgan fingerprint density at radius 2 is 0.543 bits per heavy atom. The minimum absolute atomic E-state index is 0.524. The maximum Gasteiger partial charge on any atom is 0.0701 e. The van der Waals surface area contributed by atoms with Crippen molar-refractivity contribution in [2.75, 3.05) is 152 Å². The molecule has 0 saturated carbocycles. The normalized spacial score (nSPS) is 11.5. The highest BCUT2D eigenvalue weighted by Gasteiger charge is 1.95. The van der Waals surface area contributed by atoms with E-state index in [1.165, 1.54) is 0 Å². The molecule has 0 bridgehead atoms. The number of likely N-dealkylation sites (N-methyl/N-ethyl adjacent to an activating group) is 1. The molecule has 0 saturated heterocycles. The predicted molar refractivity (Wildman–Crippen MR) is 131 cm³/mol. The van der Waals surface area contributed by atoms with Crippen molar-refractivity contribution in [2.45, 2.75) is 0 Å². The quantitative estimate of drug-likeness (QED) is 0.110. The average Bonchev–Trinajstić information content (AvgIpc) is 2.87. The highest BCUT2D eigenvalue weighted by molar-refractivity contribution is 4.39. The van der Waals surface area contributed by atoms with E-state index in [4.69, 9.17) is 53.1 Å². The molecule has 0 aromatic carbocycles. The monoisotopic (exact) mass is 514 g/mol. The summed E-state index contributed by atoms with van der Waals surface area (Å²) in [7, 11) is 1.90. The summed E-state index contributed by atoms with van der Waals surface area (Å²) in [5.41, 5.74) is 5.32. The molecule has 0 aromatic heterocycles. The van der Waals surface area contributed by atoms with Crippen LogP contribution in [0.15, 0.2) is 0 Å². The Bertz CT molecular complexity index is 341. The lowest BCUT2D eigenvalue weighted by atomic mass is 10.6. The molecule has 0 rings (SSSR count). The van der Waals surface area contributed by atoms with Gasteiger partial charge in [-0.3, -0.25) is 0 Å². The molecule has 0 unspecified atom stereocenters. The van der Waals surface area contributed by atoms with E-state index in [9.17, 15) is 0 Å². The van der Waals surface area contributed by atoms with Crippen LogP contribution in [0.1, 0.15) is 0 Å². The topological polar surface area (TPSA) is 130 Å². The third kappa shape index (κ3) is 33.5. The first-order valence-corrected chi connectivity index (χ1v) is 12.5. The Morgan fingerprint density at radius 1 is 0.343 bits per heavy atom. The maximum absolute atomic E-state index is 5.45. The fraction of sp³-hybridized carbons (Fsp3) is 1.00. The van der Waals surface area contributed by atoms with Gasteiger partial charge < -0.3 is 58.4 Å². The van der Waals surface area contributed by atoms with Gasteiger partial charge in [0, 0.05) is 13.1 Å². The number of rotatable bonds is 32. The van der Waals surface area contributed by atoms with Gasteiger partial charge in [0.2, 0.25) is 0 Å². The van der Waals surface area contributed by atoms with Crippen LogP contribution in [0.5, 0.6) is 0 Å². The van der Waals surface area contributed by atoms with Gasteiger partial charge >= 0.3 is 0 Å². The zero-order valence-electron chi connectivity index (χ0n) is 21.7. The van der Waals surface area contributed by atoms with Crippen molar-refractivity contribution in [2.24, 2.45) is 5.73 Å². The summed E-state index contributed by atoms with van der Waals surface area (Å²) in [6.07, 6.45) is 0. The third-order valence-corrected chi connectivity index (χ3v) is 4.11. The van der Waals surface area contributed by atoms with Crippen LogP contribution < -0.4 is 11.1 Å². The van der Waals surface area contributed by atoms with Crippen LogP contribution in [-0.2, 0) is 47.4 Å². The largest absolute Gasteiger partial charge is 0.378 e. The fourth-order valence-electron chi connectivity index (χ4n) is 2.34. The molecule has 0 atom stereocenters. The number of nitrogens with one attached hydrogen (secondary N) is 1. The molecule has 3 N–H and O–H groups in total. The fourth-order valence-corrected chi connectivity index (χ4v) is 2.34. The van der Waals surface area contributed by atoms with Gasteiger partial charge in [-0.1, -0.05) is 0 Å². The first-order valence-electron chi connectivity index (χ1n) is 12.5. The molecule has 0 heterocycles. The average molecular weight is 515 g/mol. The van der Waals surface area contributed by atoms with Gasteiger partial charge in [-0.15, -0.1) is 0 Å². The molecule has 0 radical (unpaired) electrons. The third-order valence-electron chi connectivity index (χ3n) is 4.11. The standard InChI is InChI=1S/C23H50N2O10/c1-25-3-5-27-7-9-29-11-13-31-15-17-33-19-21-35-23-22-34-20-18-32-16-14-30-12-10-28-8-6-26-4-2-24/h25H,2-24H2,1H3. The second-order valence-corrected chi connectivity index (χ2v) is 7.02. The van der Waals surface area contributed by atoms with Gasteiger partial charge in [-0.25, -0.2) is 0 Å². The molecular formula is C23H50N2O10. The van der Waals surface area contributed by atoms with Gasteiger partial charge in [0.1, 0.15) is 0 Å². The van der Waals surface area contributed by atoms with E-state index in [1.807, 2.05) is 7.05 Å². The maximum atomic E-state index is 5.45. The van der Waals surface area contributed by atoms with Crippen LogP contribution in [0.3, 0.4) is 0 Å². The van der Waals surface area contributed by atoms with E-state index in [2.05, 4.69) is 5.32 Å². The predicted octanol–water partition coefficient (Wildman–Crippen LogP) is -0.669. The van der Waals surface area contributed by atoms with Crippen LogP contribution in [0, 0.1) is 0 Å². The smallest absolute Gasteiger partial charge is 0.0701 e. The lowest BCUT2D eigenvalue weighted by molar-refractivity contribution is -0.0262. The molecular weight excluding hydrogens is 464 g/mol. The van der Waals surface area contributed by atoms with Crippen LogP contribution in [0.25, 0.3) is 0 Å². The Hall–Kier alpha value is -0.480. The van der Waals surface area contributed by atoms with Crippen LogP contribution in [0.2, 0.25) is 0 Å². The first kappa shape index (κ1) is 34.5. The number of nitrogens with two attached hydrogens (primary N) is 1. The lowest BCUT2D eigenvalue weighted by Gasteiger charge is -2.09. The molecule has 0 spiro atoms. The summed E-state index contributed by atoms with van der Waals surface area (Å²) in [5, 5.41) is 3.02. The van der Waals surface area contributed by atoms with Gasteiger partial charge in [0.15, 0.2) is 0 Å². The molecule has 0 aliphatic rings. The summed E-state index contributed by atoms with van der Waals surface area (Å²) in [6, 6.07) is 0. The molecule has 12 heteroatoms. The second kappa shape index (κ2) is 33.5. The highest BCUT2D eigenvalue weighted by atomic mass is 16.6. The Labute approximate surface area is 211 Å². The SMILES string of the molecule is CNCCOCCOCCOCCOCCOCCOCCOCCOCCOCCOCCN. The molecule has 212 valence electrons. The molecule has 0 aliphatic carbocycles. The molecule has 0 aliphatic heterocycles. The van der Waals surface area contributed by atoms with E-state index in [0.717, 1.165) is 6.54 Å². The van der Waals surface area contributed by atoms with Gasteiger partial charge in [-0.2, -0.15) is 0 Å². The van der Waals surface area contributed by atoms with E-state index >= 15 is 0 Å². The number of hydrogen-bond acceptors (Lipinski definition) is 12. The van der Waals surface area contributed by atoms with Gasteiger partial charge in [0.05, 0.1) is 132 Å². The van der Waals surface area contributed by atoms with Crippen LogP contribution in [-0.4, -0.2) is 152 Å². The summed E-state index contributed by atoms with van der Waals surface area (Å²) in [5.74, 6) is 0. The Morgan fingerprint density at radius 3 is 0.743 bits per heavy atom. The molecule has 0 amide bonds. The van der Waals surface area contributed by atoms with E-state index in [1.54, 1.807) is 0 Å². The van der Waals surface area contributed by atoms with Crippen LogP contribution in [0.4, 0.5) is 0 Å². The zero-order chi connectivity index (χ0) is 25.3. The van der Waals surface area contributed by atoms with Gasteiger partial charge in [0.25, 0.3) is 0 Å². The summed E-state index contributed by atoms with van der Waals surface area (Å²) >= 11 is 0. The van der Waals surface area contributed by atoms with Gasteiger partial charge in [-0.05, 0) is 7.05 Å². The van der Waals surface area contributed by atoms with Crippen molar-refractivity contribution in [3.05, 3.63) is 0 Å². The summed E-state index contributed by atoms with van der Waals surface area (Å²) in [6.45, 7) is 12.4. The minimum atomic E-state index is 0.524. The van der Waals surface area contributed by atoms with Crippen molar-refractivity contribution >= 4 is 0 Å². The second-order valence-electron chi connectivity index (χ2n) is 7.02. The van der Waals surface area contributed by atoms with Crippen molar-refractivity contribution in [1.29, 1.82) is 0 Å². The zero-order valence-corrected chi connectivity index (χ0v) is 21.7. The van der Waals surface area contributed by atoms with E-state index in [-0.39, 0.29) is 0 Å². The number of ether oxygens (including phenoxy) is 10. The molecule has 0 aromatic rings. The van der Waals surface area contributed by atoms with Crippen molar-refractivity contribution < 1.29 is 47.4 Å². The first-order chi connectivity index (χ1) is 17.4. The minimum Gasteiger partial charge on any atom is -0.378 e. The van der Waals surface area contributed by atoms with Crippen molar-refractivity contribution in [3.63, 3.8) is 0 Å². The Kier molecular flexibility index (Phi) is 33.1. The van der Waals surface area contributed by atoms with Crippen LogP contribution >= 0.6 is 0 Å². The summed E-state index contributed by atoms with van der Waals surface area (Å²) < 4.78 is 53.9. The lowest BCUT2D eigenvalue weighted by Crippen LogP contribution is -2.17. The summed E-state index contributed by atoms with van der Waals surface area (Å²) in [4.78, 5) is 0. The van der Waals surface area contributed by atoms with Crippen molar-refractivity contribution in [1.82, 2.24) is 5.32 Å². The Balaban J connectivity index is 3.00. The highest BCUT2D eigenvalue weighted by Crippen LogP contribution is 1.86. The van der Waals surface area contributed by atoms with E-state index in [0.29, 0.717) is 139 Å². The molecule has 0 fully saturated rings. The molecule has 35 heavy (non-hydrogen) atoms.